The van der Waals surface area contributed by atoms with Crippen LogP contribution in [0.5, 0.6) is 5.75 Å². The Morgan fingerprint density at radius 3 is 2.52 bits per heavy atom. The van der Waals surface area contributed by atoms with E-state index in [0.717, 1.165) is 66.1 Å². The Hall–Kier alpha value is -3.46. The van der Waals surface area contributed by atoms with Gasteiger partial charge in [-0.1, -0.05) is 12.1 Å². The largest absolute Gasteiger partial charge is 0.497 e. The Morgan fingerprint density at radius 2 is 1.90 bits per heavy atom. The fraction of sp³-hybridized carbons (Fsp3) is 0.304. The molecule has 0 spiro atoms. The van der Waals surface area contributed by atoms with E-state index >= 15 is 0 Å². The predicted molar refractivity (Wildman–Crippen MR) is 114 cm³/mol. The van der Waals surface area contributed by atoms with Crippen molar-refractivity contribution in [2.24, 2.45) is 0 Å². The Kier molecular flexibility index (Phi) is 5.13. The number of methoxy groups -OCH3 is 1. The molecule has 1 aliphatic rings. The summed E-state index contributed by atoms with van der Waals surface area (Å²) < 4.78 is 7.50. The van der Waals surface area contributed by atoms with Crippen LogP contribution < -0.4 is 10.1 Å². The Balaban J connectivity index is 1.70. The molecule has 1 fully saturated rings. The number of hydrogen-bond acceptors (Lipinski definition) is 3. The summed E-state index contributed by atoms with van der Waals surface area (Å²) in [6.45, 7) is 4.42. The van der Waals surface area contributed by atoms with Crippen molar-refractivity contribution in [3.05, 3.63) is 48.0 Å². The van der Waals surface area contributed by atoms with Crippen LogP contribution in [0.4, 0.5) is 10.5 Å². The zero-order valence-corrected chi connectivity index (χ0v) is 16.7. The third-order valence-electron chi connectivity index (χ3n) is 5.50. The second kappa shape index (κ2) is 7.88. The summed E-state index contributed by atoms with van der Waals surface area (Å²) in [6.07, 6.45) is 2.13. The van der Waals surface area contributed by atoms with Crippen LogP contribution in [0.2, 0.25) is 0 Å². The van der Waals surface area contributed by atoms with E-state index in [9.17, 15) is 10.1 Å². The monoisotopic (exact) mass is 388 g/mol. The molecule has 0 radical (unpaired) electrons. The van der Waals surface area contributed by atoms with Crippen LogP contribution in [0, 0.1) is 11.3 Å². The summed E-state index contributed by atoms with van der Waals surface area (Å²) in [4.78, 5) is 14.1. The van der Waals surface area contributed by atoms with Crippen LogP contribution in [-0.2, 0) is 6.54 Å². The highest BCUT2D eigenvalue weighted by Crippen LogP contribution is 2.35. The van der Waals surface area contributed by atoms with E-state index in [4.69, 9.17) is 4.74 Å². The average Bonchev–Trinajstić information content (AvgIpc) is 3.39. The van der Waals surface area contributed by atoms with E-state index in [-0.39, 0.29) is 6.03 Å². The number of nitriles is 1. The molecule has 0 bridgehead atoms. The lowest BCUT2D eigenvalue weighted by atomic mass is 10.1. The smallest absolute Gasteiger partial charge is 0.321 e. The summed E-state index contributed by atoms with van der Waals surface area (Å²) >= 11 is 0. The fourth-order valence-electron chi connectivity index (χ4n) is 4.03. The van der Waals surface area contributed by atoms with E-state index in [1.807, 2.05) is 47.4 Å². The zero-order chi connectivity index (χ0) is 20.4. The van der Waals surface area contributed by atoms with Crippen LogP contribution in [0.1, 0.15) is 25.3 Å². The molecule has 148 valence electrons. The normalized spacial score (nSPS) is 13.5. The maximum atomic E-state index is 12.3. The molecule has 6 heteroatoms. The quantitative estimate of drug-likeness (QED) is 0.695. The van der Waals surface area contributed by atoms with Gasteiger partial charge in [0.25, 0.3) is 0 Å². The first kappa shape index (κ1) is 18.9. The number of ether oxygens (including phenoxy) is 1. The van der Waals surface area contributed by atoms with Crippen LogP contribution in [0.25, 0.3) is 22.2 Å². The maximum absolute atomic E-state index is 12.3. The molecule has 1 saturated heterocycles. The number of urea groups is 1. The number of carbonyl (C=O) groups excluding carboxylic acids is 1. The van der Waals surface area contributed by atoms with Gasteiger partial charge >= 0.3 is 6.03 Å². The van der Waals surface area contributed by atoms with Crippen molar-refractivity contribution in [3.63, 3.8) is 0 Å². The lowest BCUT2D eigenvalue weighted by Crippen LogP contribution is -2.32. The third kappa shape index (κ3) is 3.40. The van der Waals surface area contributed by atoms with Gasteiger partial charge in [-0.05, 0) is 49.6 Å². The van der Waals surface area contributed by atoms with Gasteiger partial charge in [0, 0.05) is 36.8 Å². The number of amides is 2. The molecule has 1 N–H and O–H groups in total. The Morgan fingerprint density at radius 1 is 1.17 bits per heavy atom. The molecule has 1 aliphatic heterocycles. The van der Waals surface area contributed by atoms with Crippen molar-refractivity contribution in [1.82, 2.24) is 9.47 Å². The standard InChI is InChI=1S/C23H24N4O2/c1-3-27-21-14-18(29-2)10-11-19(21)20(15-24)22(27)16-6-8-17(9-7-16)25-23(28)26-12-4-5-13-26/h6-11,14H,3-5,12-13H2,1-2H3,(H,25,28). The number of fused-ring (bicyclic) bond motifs is 1. The Labute approximate surface area is 170 Å². The second-order valence-corrected chi connectivity index (χ2v) is 7.16. The van der Waals surface area contributed by atoms with Crippen LogP contribution in [0.15, 0.2) is 42.5 Å². The minimum atomic E-state index is -0.0530. The third-order valence-corrected chi connectivity index (χ3v) is 5.50. The molecule has 4 rings (SSSR count). The van der Waals surface area contributed by atoms with Gasteiger partial charge in [-0.25, -0.2) is 4.79 Å². The molecule has 0 atom stereocenters. The first-order valence-corrected chi connectivity index (χ1v) is 9.93. The van der Waals surface area contributed by atoms with Crippen LogP contribution in [-0.4, -0.2) is 35.7 Å². The van der Waals surface area contributed by atoms with E-state index in [0.29, 0.717) is 5.56 Å². The number of aromatic nitrogens is 1. The number of carbonyl (C=O) groups is 1. The van der Waals surface area contributed by atoms with Gasteiger partial charge in [-0.15, -0.1) is 0 Å². The van der Waals surface area contributed by atoms with E-state index in [1.165, 1.54) is 0 Å². The van der Waals surface area contributed by atoms with Crippen molar-refractivity contribution < 1.29 is 9.53 Å². The number of likely N-dealkylation sites (tertiary alicyclic amines) is 1. The molecule has 2 amide bonds. The molecule has 0 aliphatic carbocycles. The summed E-state index contributed by atoms with van der Waals surface area (Å²) in [5.41, 5.74) is 4.21. The maximum Gasteiger partial charge on any atom is 0.321 e. The van der Waals surface area contributed by atoms with E-state index in [1.54, 1.807) is 7.11 Å². The number of benzene rings is 2. The van der Waals surface area contributed by atoms with Gasteiger partial charge in [0.1, 0.15) is 11.8 Å². The van der Waals surface area contributed by atoms with Crippen LogP contribution in [0.3, 0.4) is 0 Å². The number of aryl methyl sites for hydroxylation is 1. The molecule has 2 heterocycles. The molecule has 3 aromatic rings. The van der Waals surface area contributed by atoms with Gasteiger partial charge in [-0.3, -0.25) is 0 Å². The van der Waals surface area contributed by atoms with Gasteiger partial charge < -0.3 is 19.5 Å². The second-order valence-electron chi connectivity index (χ2n) is 7.16. The highest BCUT2D eigenvalue weighted by Gasteiger charge is 2.20. The minimum absolute atomic E-state index is 0.0530. The lowest BCUT2D eigenvalue weighted by molar-refractivity contribution is 0.222. The Bertz CT molecular complexity index is 1090. The molecule has 29 heavy (non-hydrogen) atoms. The highest BCUT2D eigenvalue weighted by atomic mass is 16.5. The first-order chi connectivity index (χ1) is 14.2. The molecular weight excluding hydrogens is 364 g/mol. The molecule has 0 unspecified atom stereocenters. The average molecular weight is 388 g/mol. The van der Waals surface area contributed by atoms with E-state index < -0.39 is 0 Å². The number of nitrogens with one attached hydrogen (secondary N) is 1. The van der Waals surface area contributed by atoms with Gasteiger partial charge in [0.05, 0.1) is 23.9 Å². The zero-order valence-electron chi connectivity index (χ0n) is 16.7. The molecule has 2 aromatic carbocycles. The SMILES string of the molecule is CCn1c(-c2ccc(NC(=O)N3CCCC3)cc2)c(C#N)c2ccc(OC)cc21. The summed E-state index contributed by atoms with van der Waals surface area (Å²) in [6, 6.07) is 15.8. The van der Waals surface area contributed by atoms with Crippen molar-refractivity contribution in [2.75, 3.05) is 25.5 Å². The fourth-order valence-corrected chi connectivity index (χ4v) is 4.03. The van der Waals surface area contributed by atoms with Crippen molar-refractivity contribution in [1.29, 1.82) is 5.26 Å². The molecular formula is C23H24N4O2. The molecule has 6 nitrogen and oxygen atoms in total. The van der Waals surface area contributed by atoms with Crippen molar-refractivity contribution >= 4 is 22.6 Å². The van der Waals surface area contributed by atoms with E-state index in [2.05, 4.69) is 22.9 Å². The van der Waals surface area contributed by atoms with Gasteiger partial charge in [0.2, 0.25) is 0 Å². The van der Waals surface area contributed by atoms with Crippen molar-refractivity contribution in [2.45, 2.75) is 26.3 Å². The number of hydrogen-bond donors (Lipinski definition) is 1. The summed E-state index contributed by atoms with van der Waals surface area (Å²) in [7, 11) is 1.64. The number of nitrogens with zero attached hydrogens (tertiary/aromatic N) is 3. The summed E-state index contributed by atoms with van der Waals surface area (Å²) in [5.74, 6) is 0.765. The van der Waals surface area contributed by atoms with Gasteiger partial charge in [0.15, 0.2) is 0 Å². The first-order valence-electron chi connectivity index (χ1n) is 9.93. The predicted octanol–water partition coefficient (Wildman–Crippen LogP) is 4.84. The number of anilines is 1. The van der Waals surface area contributed by atoms with Gasteiger partial charge in [-0.2, -0.15) is 5.26 Å². The van der Waals surface area contributed by atoms with Crippen molar-refractivity contribution in [3.8, 4) is 23.1 Å². The number of rotatable bonds is 4. The molecule has 0 saturated carbocycles. The summed E-state index contributed by atoms with van der Waals surface area (Å²) in [5, 5.41) is 13.7. The molecule has 1 aromatic heterocycles. The highest BCUT2D eigenvalue weighted by molar-refractivity contribution is 5.96. The van der Waals surface area contributed by atoms with Crippen LogP contribution >= 0.6 is 0 Å². The topological polar surface area (TPSA) is 70.3 Å². The lowest BCUT2D eigenvalue weighted by Gasteiger charge is -2.16. The minimum Gasteiger partial charge on any atom is -0.497 e.